The van der Waals surface area contributed by atoms with Crippen LogP contribution in [0.4, 0.5) is 11.6 Å². The molecular formula is C17H22N4O2. The number of hydrogen-bond donors (Lipinski definition) is 3. The summed E-state index contributed by atoms with van der Waals surface area (Å²) in [5, 5.41) is 15.5. The van der Waals surface area contributed by atoms with Crippen LogP contribution in [0.5, 0.6) is 5.75 Å². The van der Waals surface area contributed by atoms with Crippen molar-refractivity contribution >= 4 is 17.5 Å². The van der Waals surface area contributed by atoms with E-state index >= 15 is 0 Å². The Morgan fingerprint density at radius 2 is 1.83 bits per heavy atom. The lowest BCUT2D eigenvalue weighted by Crippen LogP contribution is -2.14. The quantitative estimate of drug-likeness (QED) is 0.563. The number of hydrogen-bond acceptors (Lipinski definition) is 5. The van der Waals surface area contributed by atoms with Crippen LogP contribution in [0.1, 0.15) is 29.8 Å². The second-order valence-electron chi connectivity index (χ2n) is 5.57. The zero-order valence-electron chi connectivity index (χ0n) is 13.7. The van der Waals surface area contributed by atoms with E-state index in [9.17, 15) is 9.90 Å². The van der Waals surface area contributed by atoms with Gasteiger partial charge in [0.15, 0.2) is 0 Å². The van der Waals surface area contributed by atoms with E-state index in [2.05, 4.69) is 20.6 Å². The van der Waals surface area contributed by atoms with Gasteiger partial charge in [-0.15, -0.1) is 0 Å². The first-order valence-electron chi connectivity index (χ1n) is 7.59. The lowest BCUT2D eigenvalue weighted by atomic mass is 10.2. The number of nitrogens with zero attached hydrogens (tertiary/aromatic N) is 2. The fourth-order valence-corrected chi connectivity index (χ4v) is 2.22. The summed E-state index contributed by atoms with van der Waals surface area (Å²) in [6.45, 7) is 6.35. The van der Waals surface area contributed by atoms with Crippen molar-refractivity contribution in [1.29, 1.82) is 0 Å². The Labute approximate surface area is 136 Å². The summed E-state index contributed by atoms with van der Waals surface area (Å²) in [5.41, 5.74) is 3.24. The number of carbonyl (C=O) groups is 1. The molecule has 2 aromatic rings. The molecule has 1 heterocycles. The first-order valence-corrected chi connectivity index (χ1v) is 7.59. The van der Waals surface area contributed by atoms with Gasteiger partial charge in [-0.05, 0) is 51.0 Å². The van der Waals surface area contributed by atoms with Gasteiger partial charge in [-0.3, -0.25) is 4.79 Å². The molecule has 6 nitrogen and oxygen atoms in total. The molecule has 1 amide bonds. The van der Waals surface area contributed by atoms with Gasteiger partial charge in [0.2, 0.25) is 11.9 Å². The minimum atomic E-state index is -0.131. The summed E-state index contributed by atoms with van der Waals surface area (Å²) in [6.07, 6.45) is 1.000. The number of amides is 1. The van der Waals surface area contributed by atoms with Crippen LogP contribution >= 0.6 is 0 Å². The molecular weight excluding hydrogens is 292 g/mol. The highest BCUT2D eigenvalue weighted by Gasteiger charge is 2.07. The molecule has 1 aromatic carbocycles. The largest absolute Gasteiger partial charge is 0.506 e. The van der Waals surface area contributed by atoms with Crippen molar-refractivity contribution in [2.75, 3.05) is 17.2 Å². The molecule has 0 aliphatic heterocycles. The number of aryl methyl sites for hydroxylation is 3. The molecule has 122 valence electrons. The number of phenolic OH excluding ortho intramolecular Hbond substituents is 1. The van der Waals surface area contributed by atoms with E-state index in [1.807, 2.05) is 26.8 Å². The zero-order valence-corrected chi connectivity index (χ0v) is 13.7. The Morgan fingerprint density at radius 1 is 1.13 bits per heavy atom. The van der Waals surface area contributed by atoms with Crippen molar-refractivity contribution < 1.29 is 9.90 Å². The maximum atomic E-state index is 11.9. The minimum Gasteiger partial charge on any atom is -0.506 e. The molecule has 0 atom stereocenters. The van der Waals surface area contributed by atoms with Crippen LogP contribution in [0.25, 0.3) is 0 Å². The van der Waals surface area contributed by atoms with E-state index in [1.165, 1.54) is 0 Å². The average Bonchev–Trinajstić information content (AvgIpc) is 2.46. The molecule has 23 heavy (non-hydrogen) atoms. The SMILES string of the molecule is Cc1ccc(O)c(NC(=O)CCCNc2nc(C)cc(C)n2)c1. The van der Waals surface area contributed by atoms with Gasteiger partial charge in [-0.25, -0.2) is 9.97 Å². The first kappa shape index (κ1) is 16.7. The second-order valence-corrected chi connectivity index (χ2v) is 5.57. The number of aromatic nitrogens is 2. The highest BCUT2D eigenvalue weighted by molar-refractivity contribution is 5.92. The summed E-state index contributed by atoms with van der Waals surface area (Å²) in [7, 11) is 0. The smallest absolute Gasteiger partial charge is 0.224 e. The molecule has 0 saturated heterocycles. The van der Waals surface area contributed by atoms with Gasteiger partial charge in [-0.1, -0.05) is 6.07 Å². The van der Waals surface area contributed by atoms with Crippen LogP contribution in [0.3, 0.4) is 0 Å². The van der Waals surface area contributed by atoms with Crippen molar-refractivity contribution in [3.63, 3.8) is 0 Å². The number of carbonyl (C=O) groups excluding carboxylic acids is 1. The van der Waals surface area contributed by atoms with Crippen LogP contribution in [-0.4, -0.2) is 27.5 Å². The number of benzene rings is 1. The zero-order chi connectivity index (χ0) is 16.8. The molecule has 0 fully saturated rings. The summed E-state index contributed by atoms with van der Waals surface area (Å²) in [4.78, 5) is 20.5. The van der Waals surface area contributed by atoms with Crippen molar-refractivity contribution in [3.8, 4) is 5.75 Å². The van der Waals surface area contributed by atoms with Crippen LogP contribution in [-0.2, 0) is 4.79 Å². The van der Waals surface area contributed by atoms with E-state index in [-0.39, 0.29) is 11.7 Å². The molecule has 3 N–H and O–H groups in total. The molecule has 2 rings (SSSR count). The predicted octanol–water partition coefficient (Wildman–Crippen LogP) is 2.94. The van der Waals surface area contributed by atoms with Crippen LogP contribution in [0.2, 0.25) is 0 Å². The van der Waals surface area contributed by atoms with Gasteiger partial charge in [0.05, 0.1) is 5.69 Å². The van der Waals surface area contributed by atoms with E-state index in [0.717, 1.165) is 17.0 Å². The lowest BCUT2D eigenvalue weighted by molar-refractivity contribution is -0.116. The number of rotatable bonds is 6. The van der Waals surface area contributed by atoms with E-state index in [1.54, 1.807) is 18.2 Å². The fourth-order valence-electron chi connectivity index (χ4n) is 2.22. The lowest BCUT2D eigenvalue weighted by Gasteiger charge is -2.09. The van der Waals surface area contributed by atoms with E-state index in [4.69, 9.17) is 0 Å². The van der Waals surface area contributed by atoms with Gasteiger partial charge >= 0.3 is 0 Å². The van der Waals surface area contributed by atoms with Crippen molar-refractivity contribution in [3.05, 3.63) is 41.2 Å². The predicted molar refractivity (Wildman–Crippen MR) is 90.7 cm³/mol. The van der Waals surface area contributed by atoms with Gasteiger partial charge < -0.3 is 15.7 Å². The molecule has 0 bridgehead atoms. The third kappa shape index (κ3) is 5.25. The number of aromatic hydroxyl groups is 1. The molecule has 0 aliphatic carbocycles. The maximum Gasteiger partial charge on any atom is 0.224 e. The Morgan fingerprint density at radius 3 is 2.52 bits per heavy atom. The molecule has 0 saturated carbocycles. The topological polar surface area (TPSA) is 87.1 Å². The van der Waals surface area contributed by atoms with Gasteiger partial charge in [0, 0.05) is 24.4 Å². The number of anilines is 2. The average molecular weight is 314 g/mol. The van der Waals surface area contributed by atoms with Crippen molar-refractivity contribution in [2.45, 2.75) is 33.6 Å². The Bertz CT molecular complexity index is 681. The molecule has 0 spiro atoms. The second kappa shape index (κ2) is 7.58. The molecule has 0 aliphatic rings. The van der Waals surface area contributed by atoms with E-state index < -0.39 is 0 Å². The maximum absolute atomic E-state index is 11.9. The van der Waals surface area contributed by atoms with Crippen LogP contribution in [0.15, 0.2) is 24.3 Å². The minimum absolute atomic E-state index is 0.0747. The number of nitrogens with one attached hydrogen (secondary N) is 2. The summed E-state index contributed by atoms with van der Waals surface area (Å²) >= 11 is 0. The highest BCUT2D eigenvalue weighted by Crippen LogP contribution is 2.23. The van der Waals surface area contributed by atoms with Crippen molar-refractivity contribution in [1.82, 2.24) is 9.97 Å². The molecule has 6 heteroatoms. The number of phenols is 1. The van der Waals surface area contributed by atoms with Crippen LogP contribution < -0.4 is 10.6 Å². The molecule has 0 unspecified atom stereocenters. The molecule has 1 aromatic heterocycles. The van der Waals surface area contributed by atoms with E-state index in [0.29, 0.717) is 31.0 Å². The Balaban J connectivity index is 1.77. The molecule has 0 radical (unpaired) electrons. The third-order valence-electron chi connectivity index (χ3n) is 3.27. The normalized spacial score (nSPS) is 10.4. The fraction of sp³-hybridized carbons (Fsp3) is 0.353. The van der Waals surface area contributed by atoms with Crippen LogP contribution in [0, 0.1) is 20.8 Å². The van der Waals surface area contributed by atoms with Crippen molar-refractivity contribution in [2.24, 2.45) is 0 Å². The Kier molecular flexibility index (Phi) is 5.51. The van der Waals surface area contributed by atoms with Gasteiger partial charge in [0.1, 0.15) is 5.75 Å². The standard InChI is InChI=1S/C17H22N4O2/c1-11-6-7-15(22)14(9-11)21-16(23)5-4-8-18-17-19-12(2)10-13(3)20-17/h6-7,9-10,22H,4-5,8H2,1-3H3,(H,21,23)(H,18,19,20). The Hall–Kier alpha value is -2.63. The van der Waals surface area contributed by atoms with Gasteiger partial charge in [0.25, 0.3) is 0 Å². The summed E-state index contributed by atoms with van der Waals surface area (Å²) < 4.78 is 0. The highest BCUT2D eigenvalue weighted by atomic mass is 16.3. The third-order valence-corrected chi connectivity index (χ3v) is 3.27. The summed E-state index contributed by atoms with van der Waals surface area (Å²) in [5.74, 6) is 0.527. The summed E-state index contributed by atoms with van der Waals surface area (Å²) in [6, 6.07) is 7.02. The monoisotopic (exact) mass is 314 g/mol. The first-order chi connectivity index (χ1) is 10.9. The van der Waals surface area contributed by atoms with Gasteiger partial charge in [-0.2, -0.15) is 0 Å².